The summed E-state index contributed by atoms with van der Waals surface area (Å²) in [5, 5.41) is 2.02. The third-order valence-electron chi connectivity index (χ3n) is 4.03. The maximum atomic E-state index is 12.9. The van der Waals surface area contributed by atoms with Crippen molar-refractivity contribution in [2.75, 3.05) is 17.3 Å². The predicted octanol–water partition coefficient (Wildman–Crippen LogP) is 3.93. The molecule has 0 fully saturated rings. The molecule has 0 spiro atoms. The topological polar surface area (TPSA) is 75.7 Å². The van der Waals surface area contributed by atoms with Gasteiger partial charge < -0.3 is 10.1 Å². The molecule has 0 saturated heterocycles. The van der Waals surface area contributed by atoms with Crippen molar-refractivity contribution in [1.82, 2.24) is 0 Å². The van der Waals surface area contributed by atoms with Crippen LogP contribution in [0.25, 0.3) is 0 Å². The summed E-state index contributed by atoms with van der Waals surface area (Å²) in [6.45, 7) is 0. The van der Waals surface area contributed by atoms with Gasteiger partial charge in [0.05, 0.1) is 23.9 Å². The number of hydrogen-bond donors (Lipinski definition) is 1. The SMILES string of the molecule is COC(=O)c1ccc(N2C(=O)C(Cl)=C(Nc3cccc(C(F)(F)F)c3)C2=O)cc1. The molecule has 0 unspecified atom stereocenters. The third-order valence-corrected chi connectivity index (χ3v) is 4.38. The Balaban J connectivity index is 1.87. The van der Waals surface area contributed by atoms with Gasteiger partial charge in [-0.2, -0.15) is 13.2 Å². The van der Waals surface area contributed by atoms with Crippen LogP contribution >= 0.6 is 11.6 Å². The highest BCUT2D eigenvalue weighted by molar-refractivity contribution is 6.53. The van der Waals surface area contributed by atoms with E-state index in [1.165, 1.54) is 37.4 Å². The standard InChI is InChI=1S/C19H12ClF3N2O4/c1-29-18(28)10-5-7-13(8-6-10)25-16(26)14(20)15(17(25)27)24-12-4-2-3-11(9-12)19(21,22)23/h2-9,24H,1H3. The molecule has 10 heteroatoms. The summed E-state index contributed by atoms with van der Waals surface area (Å²) in [5.74, 6) is -2.29. The Morgan fingerprint density at radius 1 is 1.07 bits per heavy atom. The van der Waals surface area contributed by atoms with Gasteiger partial charge in [0.2, 0.25) is 0 Å². The lowest BCUT2D eigenvalue weighted by Crippen LogP contribution is -2.32. The van der Waals surface area contributed by atoms with Crippen LogP contribution in [0, 0.1) is 0 Å². The molecule has 0 bridgehead atoms. The lowest BCUT2D eigenvalue weighted by molar-refractivity contribution is -0.137. The Morgan fingerprint density at radius 3 is 2.31 bits per heavy atom. The smallest absolute Gasteiger partial charge is 0.416 e. The molecule has 1 aliphatic heterocycles. The predicted molar refractivity (Wildman–Crippen MR) is 98.2 cm³/mol. The number of amides is 2. The molecule has 2 amide bonds. The zero-order valence-electron chi connectivity index (χ0n) is 14.7. The molecule has 29 heavy (non-hydrogen) atoms. The Hall–Kier alpha value is -3.33. The highest BCUT2D eigenvalue weighted by Gasteiger charge is 2.39. The van der Waals surface area contributed by atoms with Crippen LogP contribution in [0.15, 0.2) is 59.3 Å². The highest BCUT2D eigenvalue weighted by atomic mass is 35.5. The van der Waals surface area contributed by atoms with Crippen molar-refractivity contribution in [2.24, 2.45) is 0 Å². The molecular formula is C19H12ClF3N2O4. The van der Waals surface area contributed by atoms with Gasteiger partial charge in [0.25, 0.3) is 11.8 Å². The first-order chi connectivity index (χ1) is 13.6. The van der Waals surface area contributed by atoms with E-state index in [0.717, 1.165) is 23.1 Å². The molecule has 2 aromatic rings. The fourth-order valence-electron chi connectivity index (χ4n) is 2.63. The van der Waals surface area contributed by atoms with E-state index in [1.54, 1.807) is 0 Å². The number of rotatable bonds is 4. The van der Waals surface area contributed by atoms with E-state index >= 15 is 0 Å². The summed E-state index contributed by atoms with van der Waals surface area (Å²) in [7, 11) is 1.21. The maximum Gasteiger partial charge on any atom is 0.416 e. The number of esters is 1. The first kappa shape index (κ1) is 20.4. The molecule has 3 rings (SSSR count). The molecule has 0 radical (unpaired) electrons. The van der Waals surface area contributed by atoms with Crippen molar-refractivity contribution >= 4 is 40.8 Å². The minimum absolute atomic E-state index is 0.0583. The lowest BCUT2D eigenvalue weighted by Gasteiger charge is -2.15. The molecule has 0 atom stereocenters. The Kier molecular flexibility index (Phi) is 5.34. The van der Waals surface area contributed by atoms with Crippen LogP contribution in [0.1, 0.15) is 15.9 Å². The van der Waals surface area contributed by atoms with Gasteiger partial charge in [0.15, 0.2) is 0 Å². The lowest BCUT2D eigenvalue weighted by atomic mass is 10.2. The Bertz CT molecular complexity index is 1030. The minimum atomic E-state index is -4.57. The van der Waals surface area contributed by atoms with Crippen molar-refractivity contribution in [2.45, 2.75) is 6.18 Å². The molecule has 0 aliphatic carbocycles. The van der Waals surface area contributed by atoms with Crippen LogP contribution in [0.3, 0.4) is 0 Å². The van der Waals surface area contributed by atoms with Crippen molar-refractivity contribution in [1.29, 1.82) is 0 Å². The van der Waals surface area contributed by atoms with Crippen molar-refractivity contribution < 1.29 is 32.3 Å². The van der Waals surface area contributed by atoms with Crippen molar-refractivity contribution in [3.63, 3.8) is 0 Å². The summed E-state index contributed by atoms with van der Waals surface area (Å²) >= 11 is 5.96. The quantitative estimate of drug-likeness (QED) is 0.594. The maximum absolute atomic E-state index is 12.9. The number of nitrogens with zero attached hydrogens (tertiary/aromatic N) is 1. The highest BCUT2D eigenvalue weighted by Crippen LogP contribution is 2.33. The van der Waals surface area contributed by atoms with Gasteiger partial charge in [-0.3, -0.25) is 9.59 Å². The zero-order chi connectivity index (χ0) is 21.3. The number of carbonyl (C=O) groups is 3. The molecule has 1 aliphatic rings. The van der Waals surface area contributed by atoms with E-state index in [4.69, 9.17) is 11.6 Å². The number of ether oxygens (including phenoxy) is 1. The fraction of sp³-hybridized carbons (Fsp3) is 0.105. The summed E-state index contributed by atoms with van der Waals surface area (Å²) in [4.78, 5) is 37.3. The summed E-state index contributed by atoms with van der Waals surface area (Å²) in [6.07, 6.45) is -4.57. The first-order valence-corrected chi connectivity index (χ1v) is 8.42. The van der Waals surface area contributed by atoms with E-state index in [0.29, 0.717) is 0 Å². The van der Waals surface area contributed by atoms with Gasteiger partial charge in [-0.05, 0) is 42.5 Å². The third kappa shape index (κ3) is 3.95. The van der Waals surface area contributed by atoms with E-state index < -0.39 is 34.6 Å². The van der Waals surface area contributed by atoms with Crippen LogP contribution in [-0.4, -0.2) is 24.9 Å². The minimum Gasteiger partial charge on any atom is -0.465 e. The molecule has 1 N–H and O–H groups in total. The Morgan fingerprint density at radius 2 is 1.72 bits per heavy atom. The van der Waals surface area contributed by atoms with E-state index in [9.17, 15) is 27.6 Å². The number of imide groups is 1. The molecule has 1 heterocycles. The van der Waals surface area contributed by atoms with Crippen LogP contribution in [0.4, 0.5) is 24.5 Å². The van der Waals surface area contributed by atoms with Crippen molar-refractivity contribution in [3.05, 3.63) is 70.4 Å². The average Bonchev–Trinajstić information content (AvgIpc) is 2.90. The number of alkyl halides is 3. The monoisotopic (exact) mass is 424 g/mol. The van der Waals surface area contributed by atoms with E-state index in [-0.39, 0.29) is 22.6 Å². The summed E-state index contributed by atoms with van der Waals surface area (Å²) in [6, 6.07) is 9.53. The molecule has 6 nitrogen and oxygen atoms in total. The molecule has 0 aromatic heterocycles. The Labute approximate surface area is 167 Å². The number of hydrogen-bond acceptors (Lipinski definition) is 5. The zero-order valence-corrected chi connectivity index (χ0v) is 15.5. The number of anilines is 2. The van der Waals surface area contributed by atoms with E-state index in [1.807, 2.05) is 0 Å². The van der Waals surface area contributed by atoms with Gasteiger partial charge in [-0.1, -0.05) is 17.7 Å². The van der Waals surface area contributed by atoms with Crippen LogP contribution in [0.2, 0.25) is 0 Å². The number of methoxy groups -OCH3 is 1. The largest absolute Gasteiger partial charge is 0.465 e. The number of benzene rings is 2. The summed E-state index contributed by atoms with van der Waals surface area (Å²) in [5.41, 5.74) is -1.00. The van der Waals surface area contributed by atoms with Crippen LogP contribution in [-0.2, 0) is 20.5 Å². The second-order valence-corrected chi connectivity index (χ2v) is 6.25. The first-order valence-electron chi connectivity index (χ1n) is 8.04. The number of halogens is 4. The van der Waals surface area contributed by atoms with E-state index in [2.05, 4.69) is 10.1 Å². The molecule has 2 aromatic carbocycles. The second kappa shape index (κ2) is 7.59. The van der Waals surface area contributed by atoms with Crippen LogP contribution < -0.4 is 10.2 Å². The fourth-order valence-corrected chi connectivity index (χ4v) is 2.84. The van der Waals surface area contributed by atoms with Gasteiger partial charge in [0.1, 0.15) is 10.7 Å². The number of carbonyl (C=O) groups excluding carboxylic acids is 3. The second-order valence-electron chi connectivity index (χ2n) is 5.88. The van der Waals surface area contributed by atoms with Gasteiger partial charge in [0, 0.05) is 5.69 Å². The average molecular weight is 425 g/mol. The summed E-state index contributed by atoms with van der Waals surface area (Å²) < 4.78 is 43.2. The van der Waals surface area contributed by atoms with Gasteiger partial charge >= 0.3 is 12.1 Å². The van der Waals surface area contributed by atoms with Gasteiger partial charge in [-0.15, -0.1) is 0 Å². The van der Waals surface area contributed by atoms with Crippen molar-refractivity contribution in [3.8, 4) is 0 Å². The normalized spacial score (nSPS) is 14.4. The molecular weight excluding hydrogens is 413 g/mol. The molecule has 150 valence electrons. The molecule has 0 saturated carbocycles. The van der Waals surface area contributed by atoms with Gasteiger partial charge in [-0.25, -0.2) is 9.69 Å². The van der Waals surface area contributed by atoms with Crippen LogP contribution in [0.5, 0.6) is 0 Å². The number of nitrogens with one attached hydrogen (secondary N) is 1.